The number of pyridine rings is 1. The lowest BCUT2D eigenvalue weighted by atomic mass is 10.1. The zero-order valence-corrected chi connectivity index (χ0v) is 23.4. The summed E-state index contributed by atoms with van der Waals surface area (Å²) in [5.41, 5.74) is 5.88. The number of carbonyl (C=O) groups is 1. The molecule has 0 spiro atoms. The number of hydrazone groups is 1. The fraction of sp³-hybridized carbons (Fsp3) is 0.200. The van der Waals surface area contributed by atoms with Crippen LogP contribution in [0.15, 0.2) is 53.6 Å². The summed E-state index contributed by atoms with van der Waals surface area (Å²) < 4.78 is 18.5. The third-order valence-electron chi connectivity index (χ3n) is 4.60. The average Bonchev–Trinajstić information content (AvgIpc) is 2.83. The van der Waals surface area contributed by atoms with E-state index in [2.05, 4.69) is 66.8 Å². The first-order valence-corrected chi connectivity index (χ1v) is 12.6. The number of nitrogens with zero attached hydrogens (tertiary/aromatic N) is 3. The van der Waals surface area contributed by atoms with Crippen molar-refractivity contribution < 1.29 is 19.0 Å². The molecule has 3 aromatic rings. The molecular formula is C25H22I2N4O4. The summed E-state index contributed by atoms with van der Waals surface area (Å²) in [6.45, 7) is 2.16. The number of carbonyl (C=O) groups excluding carboxylic acids is 1. The van der Waals surface area contributed by atoms with Crippen molar-refractivity contribution in [2.75, 3.05) is 13.7 Å². The van der Waals surface area contributed by atoms with E-state index >= 15 is 0 Å². The number of aromatic nitrogens is 1. The Balaban J connectivity index is 1.58. The minimum atomic E-state index is -0.478. The lowest BCUT2D eigenvalue weighted by Gasteiger charge is -2.11. The highest BCUT2D eigenvalue weighted by Crippen LogP contribution is 2.29. The van der Waals surface area contributed by atoms with Crippen LogP contribution in [0.25, 0.3) is 0 Å². The summed E-state index contributed by atoms with van der Waals surface area (Å²) in [4.78, 5) is 16.4. The lowest BCUT2D eigenvalue weighted by Crippen LogP contribution is -2.25. The number of rotatable bonds is 10. The zero-order valence-electron chi connectivity index (χ0n) is 19.0. The van der Waals surface area contributed by atoms with Crippen molar-refractivity contribution in [3.8, 4) is 17.7 Å². The Bertz CT molecular complexity index is 1240. The van der Waals surface area contributed by atoms with E-state index in [0.717, 1.165) is 24.0 Å². The van der Waals surface area contributed by atoms with Crippen molar-refractivity contribution in [3.05, 3.63) is 83.6 Å². The first-order valence-electron chi connectivity index (χ1n) is 10.4. The van der Waals surface area contributed by atoms with E-state index in [4.69, 9.17) is 14.2 Å². The SMILES string of the molecule is COCc1cc(C)nc(OCC(=O)N/N=C\c2cc(I)c(OCc3ccccc3)c(I)c2)c1C#N. The van der Waals surface area contributed by atoms with Crippen LogP contribution in [0.1, 0.15) is 27.9 Å². The first-order chi connectivity index (χ1) is 16.9. The molecule has 0 atom stereocenters. The molecule has 3 rings (SSSR count). The van der Waals surface area contributed by atoms with Gasteiger partial charge in [-0.3, -0.25) is 4.79 Å². The van der Waals surface area contributed by atoms with E-state index in [1.54, 1.807) is 19.2 Å². The summed E-state index contributed by atoms with van der Waals surface area (Å²) in [6.07, 6.45) is 1.55. The van der Waals surface area contributed by atoms with Gasteiger partial charge >= 0.3 is 0 Å². The number of nitriles is 1. The molecule has 0 aliphatic rings. The average molecular weight is 696 g/mol. The number of hydrogen-bond donors (Lipinski definition) is 1. The number of ether oxygens (including phenoxy) is 3. The molecule has 1 N–H and O–H groups in total. The second-order valence-electron chi connectivity index (χ2n) is 7.32. The highest BCUT2D eigenvalue weighted by Gasteiger charge is 2.14. The minimum absolute atomic E-state index is 0.0916. The third-order valence-corrected chi connectivity index (χ3v) is 6.20. The largest absolute Gasteiger partial charge is 0.487 e. The number of methoxy groups -OCH3 is 1. The number of amides is 1. The van der Waals surface area contributed by atoms with Gasteiger partial charge in [-0.1, -0.05) is 30.3 Å². The van der Waals surface area contributed by atoms with Gasteiger partial charge in [-0.25, -0.2) is 10.4 Å². The summed E-state index contributed by atoms with van der Waals surface area (Å²) >= 11 is 4.43. The Morgan fingerprint density at radius 3 is 2.51 bits per heavy atom. The van der Waals surface area contributed by atoms with E-state index in [0.29, 0.717) is 17.9 Å². The van der Waals surface area contributed by atoms with E-state index in [-0.39, 0.29) is 24.7 Å². The topological polar surface area (TPSA) is 106 Å². The van der Waals surface area contributed by atoms with Crippen molar-refractivity contribution in [2.24, 2.45) is 5.10 Å². The van der Waals surface area contributed by atoms with Gasteiger partial charge in [0.05, 0.1) is 20.0 Å². The van der Waals surface area contributed by atoms with Crippen molar-refractivity contribution in [3.63, 3.8) is 0 Å². The summed E-state index contributed by atoms with van der Waals surface area (Å²) in [5, 5.41) is 13.5. The van der Waals surface area contributed by atoms with Crippen LogP contribution in [-0.2, 0) is 22.7 Å². The highest BCUT2D eigenvalue weighted by molar-refractivity contribution is 14.1. The molecule has 0 fully saturated rings. The zero-order chi connectivity index (χ0) is 25.2. The molecule has 0 aliphatic carbocycles. The maximum absolute atomic E-state index is 12.2. The summed E-state index contributed by atoms with van der Waals surface area (Å²) in [6, 6.07) is 17.6. The molecule has 10 heteroatoms. The lowest BCUT2D eigenvalue weighted by molar-refractivity contribution is -0.123. The fourth-order valence-corrected chi connectivity index (χ4v) is 5.20. The van der Waals surface area contributed by atoms with Gasteiger partial charge in [-0.15, -0.1) is 0 Å². The van der Waals surface area contributed by atoms with Crippen LogP contribution >= 0.6 is 45.2 Å². The van der Waals surface area contributed by atoms with Crippen molar-refractivity contribution in [1.82, 2.24) is 10.4 Å². The standard InChI is InChI=1S/C25H22I2N4O4/c1-16-8-19(14-33-2)20(11-28)25(30-16)35-15-23(32)31-29-12-18-9-21(26)24(22(27)10-18)34-13-17-6-4-3-5-7-17/h3-10,12H,13-15H2,1-2H3,(H,31,32)/b29-12-. The molecule has 180 valence electrons. The minimum Gasteiger partial charge on any atom is -0.487 e. The van der Waals surface area contributed by atoms with E-state index < -0.39 is 5.91 Å². The first kappa shape index (κ1) is 26.8. The third kappa shape index (κ3) is 7.87. The molecule has 1 aromatic heterocycles. The van der Waals surface area contributed by atoms with Gasteiger partial charge in [0, 0.05) is 18.4 Å². The molecule has 0 saturated carbocycles. The van der Waals surface area contributed by atoms with E-state index in [1.165, 1.54) is 7.11 Å². The molecule has 0 bridgehead atoms. The molecule has 0 saturated heterocycles. The molecule has 0 aliphatic heterocycles. The van der Waals surface area contributed by atoms with Gasteiger partial charge in [0.25, 0.3) is 5.91 Å². The number of hydrogen-bond acceptors (Lipinski definition) is 7. The van der Waals surface area contributed by atoms with Crippen molar-refractivity contribution in [1.29, 1.82) is 5.26 Å². The predicted octanol–water partition coefficient (Wildman–Crippen LogP) is 4.73. The molecular weight excluding hydrogens is 674 g/mol. The van der Waals surface area contributed by atoms with Crippen LogP contribution in [0, 0.1) is 25.4 Å². The maximum Gasteiger partial charge on any atom is 0.278 e. The number of halogens is 2. The second-order valence-corrected chi connectivity index (χ2v) is 9.64. The Morgan fingerprint density at radius 1 is 1.14 bits per heavy atom. The molecule has 8 nitrogen and oxygen atoms in total. The quantitative estimate of drug-likeness (QED) is 0.187. The maximum atomic E-state index is 12.2. The summed E-state index contributed by atoms with van der Waals surface area (Å²) in [5.74, 6) is 0.416. The Hall–Kier alpha value is -2.76. The van der Waals surface area contributed by atoms with Gasteiger partial charge in [0.2, 0.25) is 5.88 Å². The molecule has 1 amide bonds. The van der Waals surface area contributed by atoms with Crippen LogP contribution in [-0.4, -0.2) is 30.8 Å². The van der Waals surface area contributed by atoms with Gasteiger partial charge in [-0.05, 0) is 81.4 Å². The Kier molecular flexibility index (Phi) is 10.2. The predicted molar refractivity (Wildman–Crippen MR) is 148 cm³/mol. The fourth-order valence-electron chi connectivity index (χ4n) is 3.07. The normalized spacial score (nSPS) is 10.7. The van der Waals surface area contributed by atoms with Gasteiger partial charge in [-0.2, -0.15) is 10.4 Å². The van der Waals surface area contributed by atoms with Crippen molar-refractivity contribution in [2.45, 2.75) is 20.1 Å². The van der Waals surface area contributed by atoms with Gasteiger partial charge in [0.15, 0.2) is 6.61 Å². The second kappa shape index (κ2) is 13.4. The Labute approximate surface area is 231 Å². The monoisotopic (exact) mass is 696 g/mol. The highest BCUT2D eigenvalue weighted by atomic mass is 127. The number of nitrogens with one attached hydrogen (secondary N) is 1. The van der Waals surface area contributed by atoms with Crippen LogP contribution in [0.5, 0.6) is 11.6 Å². The molecule has 0 unspecified atom stereocenters. The van der Waals surface area contributed by atoms with E-state index in [9.17, 15) is 10.1 Å². The van der Waals surface area contributed by atoms with Crippen LogP contribution in [0.4, 0.5) is 0 Å². The molecule has 1 heterocycles. The number of benzene rings is 2. The Morgan fingerprint density at radius 2 is 1.86 bits per heavy atom. The molecule has 35 heavy (non-hydrogen) atoms. The van der Waals surface area contributed by atoms with Crippen LogP contribution in [0.3, 0.4) is 0 Å². The molecule has 0 radical (unpaired) electrons. The number of aryl methyl sites for hydroxylation is 1. The molecule has 2 aromatic carbocycles. The van der Waals surface area contributed by atoms with Crippen molar-refractivity contribution >= 4 is 57.3 Å². The van der Waals surface area contributed by atoms with Crippen LogP contribution < -0.4 is 14.9 Å². The van der Waals surface area contributed by atoms with Gasteiger partial charge < -0.3 is 14.2 Å². The smallest absolute Gasteiger partial charge is 0.278 e. The summed E-state index contributed by atoms with van der Waals surface area (Å²) in [7, 11) is 1.54. The van der Waals surface area contributed by atoms with E-state index in [1.807, 2.05) is 42.5 Å². The van der Waals surface area contributed by atoms with Crippen LogP contribution in [0.2, 0.25) is 0 Å². The van der Waals surface area contributed by atoms with Gasteiger partial charge in [0.1, 0.15) is 24.0 Å².